The molecule has 2 aromatic carbocycles. The summed E-state index contributed by atoms with van der Waals surface area (Å²) in [7, 11) is -1.65. The molecule has 1 saturated carbocycles. The number of hydrogen-bond acceptors (Lipinski definition) is 4. The molecule has 1 aliphatic carbocycles. The lowest BCUT2D eigenvalue weighted by atomic mass is 9.84. The van der Waals surface area contributed by atoms with Crippen LogP contribution >= 0.6 is 0 Å². The van der Waals surface area contributed by atoms with Crippen LogP contribution in [0.25, 0.3) is 0 Å². The zero-order valence-electron chi connectivity index (χ0n) is 21.3. The quantitative estimate of drug-likeness (QED) is 0.531. The van der Waals surface area contributed by atoms with Gasteiger partial charge in [0.05, 0.1) is 22.8 Å². The van der Waals surface area contributed by atoms with Gasteiger partial charge in [0.2, 0.25) is 0 Å². The Morgan fingerprint density at radius 2 is 1.79 bits per heavy atom. The van der Waals surface area contributed by atoms with Crippen LogP contribution in [0.1, 0.15) is 68.1 Å². The normalized spacial score (nSPS) is 18.7. The first kappa shape index (κ1) is 25.1. The maximum Gasteiger partial charge on any atom is 0.264 e. The zero-order valence-corrected chi connectivity index (χ0v) is 22.1. The summed E-state index contributed by atoms with van der Waals surface area (Å²) in [5.41, 5.74) is 10.9. The molecule has 4 rings (SSSR count). The average molecular weight is 484 g/mol. The molecule has 1 fully saturated rings. The standard InChI is InChI=1S/C28H41N3O2S/c1-20(16-23-9-5-6-10-23)17-25(19-29)24-12-13-27(22(3)18-24)34(32,33)31-15-14-30(4)26-11-7-8-21(2)28(26)31/h7-8,11-13,18,20,23,25H,5-6,9-10,14-17,19,29H2,1-4H3. The van der Waals surface area contributed by atoms with Crippen LogP contribution in [0.15, 0.2) is 41.3 Å². The van der Waals surface area contributed by atoms with Crippen LogP contribution in [-0.4, -0.2) is 35.1 Å². The molecule has 2 atom stereocenters. The molecule has 0 saturated heterocycles. The van der Waals surface area contributed by atoms with Crippen molar-refractivity contribution in [2.75, 3.05) is 35.9 Å². The highest BCUT2D eigenvalue weighted by Gasteiger charge is 2.33. The van der Waals surface area contributed by atoms with E-state index in [1.807, 2.05) is 45.2 Å². The van der Waals surface area contributed by atoms with E-state index >= 15 is 0 Å². The molecule has 6 heteroatoms. The summed E-state index contributed by atoms with van der Waals surface area (Å²) in [4.78, 5) is 2.52. The highest BCUT2D eigenvalue weighted by atomic mass is 32.2. The topological polar surface area (TPSA) is 66.6 Å². The second-order valence-electron chi connectivity index (χ2n) is 10.6. The highest BCUT2D eigenvalue weighted by Crippen LogP contribution is 2.39. The Morgan fingerprint density at radius 1 is 1.06 bits per heavy atom. The molecule has 2 aromatic rings. The van der Waals surface area contributed by atoms with Crippen molar-refractivity contribution in [2.45, 2.75) is 70.1 Å². The fourth-order valence-electron chi connectivity index (χ4n) is 6.09. The second-order valence-corrected chi connectivity index (χ2v) is 12.5. The zero-order chi connectivity index (χ0) is 24.5. The Balaban J connectivity index is 1.57. The summed E-state index contributed by atoms with van der Waals surface area (Å²) in [6.07, 6.45) is 7.85. The Bertz CT molecular complexity index is 1110. The molecule has 186 valence electrons. The van der Waals surface area contributed by atoms with E-state index in [1.165, 1.54) is 32.1 Å². The van der Waals surface area contributed by atoms with Crippen molar-refractivity contribution in [3.05, 3.63) is 53.1 Å². The molecule has 2 aliphatic rings. The average Bonchev–Trinajstić information content (AvgIpc) is 3.30. The van der Waals surface area contributed by atoms with Crippen molar-refractivity contribution >= 4 is 21.4 Å². The van der Waals surface area contributed by atoms with Gasteiger partial charge in [0.15, 0.2) is 0 Å². The van der Waals surface area contributed by atoms with E-state index in [0.717, 1.165) is 40.4 Å². The maximum absolute atomic E-state index is 13.8. The maximum atomic E-state index is 13.8. The SMILES string of the molecule is Cc1cc(C(CN)CC(C)CC2CCCC2)ccc1S(=O)(=O)N1CCN(C)c2cccc(C)c21. The predicted octanol–water partition coefficient (Wildman–Crippen LogP) is 5.60. The Labute approximate surface area is 206 Å². The van der Waals surface area contributed by atoms with Crippen LogP contribution in [-0.2, 0) is 10.0 Å². The fraction of sp³-hybridized carbons (Fsp3) is 0.571. The number of likely N-dealkylation sites (N-methyl/N-ethyl adjacent to an activating group) is 1. The van der Waals surface area contributed by atoms with Crippen molar-refractivity contribution in [3.63, 3.8) is 0 Å². The molecule has 0 amide bonds. The number of para-hydroxylation sites is 1. The van der Waals surface area contributed by atoms with Gasteiger partial charge in [-0.2, -0.15) is 0 Å². The number of nitrogens with two attached hydrogens (primary N) is 1. The van der Waals surface area contributed by atoms with Crippen molar-refractivity contribution < 1.29 is 8.42 Å². The number of benzene rings is 2. The molecule has 1 aliphatic heterocycles. The first-order chi connectivity index (χ1) is 16.2. The summed E-state index contributed by atoms with van der Waals surface area (Å²) in [6, 6.07) is 11.8. The van der Waals surface area contributed by atoms with E-state index in [9.17, 15) is 8.42 Å². The first-order valence-corrected chi connectivity index (χ1v) is 14.3. The Kier molecular flexibility index (Phi) is 7.58. The van der Waals surface area contributed by atoms with Gasteiger partial charge in [-0.05, 0) is 79.8 Å². The number of fused-ring (bicyclic) bond motifs is 1. The first-order valence-electron chi connectivity index (χ1n) is 12.9. The molecule has 5 nitrogen and oxygen atoms in total. The molecule has 34 heavy (non-hydrogen) atoms. The van der Waals surface area contributed by atoms with E-state index in [2.05, 4.69) is 17.9 Å². The lowest BCUT2D eigenvalue weighted by Crippen LogP contribution is -2.43. The molecular weight excluding hydrogens is 442 g/mol. The van der Waals surface area contributed by atoms with Crippen molar-refractivity contribution in [1.29, 1.82) is 0 Å². The van der Waals surface area contributed by atoms with Crippen molar-refractivity contribution in [1.82, 2.24) is 0 Å². The lowest BCUT2D eigenvalue weighted by molar-refractivity contribution is 0.358. The third-order valence-electron chi connectivity index (χ3n) is 7.94. The number of sulfonamides is 1. The second kappa shape index (κ2) is 10.3. The number of nitrogens with zero attached hydrogens (tertiary/aromatic N) is 2. The van der Waals surface area contributed by atoms with Gasteiger partial charge in [-0.3, -0.25) is 4.31 Å². The minimum absolute atomic E-state index is 0.262. The highest BCUT2D eigenvalue weighted by molar-refractivity contribution is 7.93. The van der Waals surface area contributed by atoms with Crippen LogP contribution in [0, 0.1) is 25.7 Å². The Morgan fingerprint density at radius 3 is 2.47 bits per heavy atom. The van der Waals surface area contributed by atoms with E-state index in [0.29, 0.717) is 30.4 Å². The summed E-state index contributed by atoms with van der Waals surface area (Å²) in [6.45, 7) is 7.95. The molecule has 0 aromatic heterocycles. The Hall–Kier alpha value is -2.05. The predicted molar refractivity (Wildman–Crippen MR) is 142 cm³/mol. The van der Waals surface area contributed by atoms with Crippen LogP contribution in [0.3, 0.4) is 0 Å². The summed E-state index contributed by atoms with van der Waals surface area (Å²) in [5, 5.41) is 0. The van der Waals surface area contributed by atoms with Crippen molar-refractivity contribution in [3.8, 4) is 0 Å². The molecule has 1 heterocycles. The van der Waals surface area contributed by atoms with Crippen LogP contribution in [0.4, 0.5) is 11.4 Å². The van der Waals surface area contributed by atoms with E-state index in [-0.39, 0.29) is 5.92 Å². The smallest absolute Gasteiger partial charge is 0.264 e. The van der Waals surface area contributed by atoms with E-state index < -0.39 is 10.0 Å². The van der Waals surface area contributed by atoms with Gasteiger partial charge in [-0.1, -0.05) is 56.9 Å². The van der Waals surface area contributed by atoms with Crippen LogP contribution in [0.5, 0.6) is 0 Å². The summed E-state index contributed by atoms with van der Waals surface area (Å²) in [5.74, 6) is 1.77. The van der Waals surface area contributed by atoms with E-state index in [1.54, 1.807) is 10.4 Å². The molecular formula is C28H41N3O2S. The van der Waals surface area contributed by atoms with Gasteiger partial charge in [-0.25, -0.2) is 8.42 Å². The minimum atomic E-state index is -3.66. The van der Waals surface area contributed by atoms with Crippen LogP contribution < -0.4 is 14.9 Å². The minimum Gasteiger partial charge on any atom is -0.371 e. The molecule has 2 N–H and O–H groups in total. The third kappa shape index (κ3) is 4.99. The molecule has 0 radical (unpaired) electrons. The van der Waals surface area contributed by atoms with Crippen LogP contribution in [0.2, 0.25) is 0 Å². The summed E-state index contributed by atoms with van der Waals surface area (Å²) < 4.78 is 29.3. The number of rotatable bonds is 8. The van der Waals surface area contributed by atoms with Gasteiger partial charge in [-0.15, -0.1) is 0 Å². The molecule has 2 unspecified atom stereocenters. The van der Waals surface area contributed by atoms with Gasteiger partial charge >= 0.3 is 0 Å². The molecule has 0 spiro atoms. The summed E-state index contributed by atoms with van der Waals surface area (Å²) >= 11 is 0. The van der Waals surface area contributed by atoms with Gasteiger partial charge < -0.3 is 10.6 Å². The number of aryl methyl sites for hydroxylation is 2. The third-order valence-corrected chi connectivity index (χ3v) is 9.90. The van der Waals surface area contributed by atoms with Crippen molar-refractivity contribution in [2.24, 2.45) is 17.6 Å². The lowest BCUT2D eigenvalue weighted by Gasteiger charge is -2.37. The monoisotopic (exact) mass is 483 g/mol. The van der Waals surface area contributed by atoms with E-state index in [4.69, 9.17) is 5.73 Å². The number of anilines is 2. The number of hydrogen-bond donors (Lipinski definition) is 1. The largest absolute Gasteiger partial charge is 0.371 e. The van der Waals surface area contributed by atoms with Gasteiger partial charge in [0.25, 0.3) is 10.0 Å². The van der Waals surface area contributed by atoms with Gasteiger partial charge in [0.1, 0.15) is 0 Å². The fourth-order valence-corrected chi connectivity index (χ4v) is 7.83. The molecule has 0 bridgehead atoms. The van der Waals surface area contributed by atoms with Gasteiger partial charge in [0, 0.05) is 13.6 Å².